The molecule has 2 aliphatic rings. The predicted molar refractivity (Wildman–Crippen MR) is 122 cm³/mol. The van der Waals surface area contributed by atoms with Gasteiger partial charge in [0.25, 0.3) is 5.79 Å². The number of hydrogen-bond acceptors (Lipinski definition) is 4. The molecule has 1 heterocycles. The lowest BCUT2D eigenvalue weighted by molar-refractivity contribution is -0.196. The normalized spacial score (nSPS) is 19.2. The molecule has 0 bridgehead atoms. The first-order chi connectivity index (χ1) is 13.8. The maximum atomic E-state index is 6.36. The van der Waals surface area contributed by atoms with Crippen LogP contribution in [0.25, 0.3) is 5.76 Å². The molecule has 2 aromatic rings. The third-order valence-corrected chi connectivity index (χ3v) is 5.08. The molecule has 29 heavy (non-hydrogen) atoms. The third-order valence-electron chi connectivity index (χ3n) is 5.08. The summed E-state index contributed by atoms with van der Waals surface area (Å²) in [7, 11) is 1.66. The summed E-state index contributed by atoms with van der Waals surface area (Å²) in [4.78, 5) is 4.50. The van der Waals surface area contributed by atoms with Crippen LogP contribution < -0.4 is 4.74 Å². The zero-order chi connectivity index (χ0) is 19.2. The quantitative estimate of drug-likeness (QED) is 0.486. The van der Waals surface area contributed by atoms with Crippen LogP contribution in [0.4, 0.5) is 5.69 Å². The third kappa shape index (κ3) is 5.30. The number of benzene rings is 2. The van der Waals surface area contributed by atoms with Crippen molar-refractivity contribution in [2.45, 2.75) is 37.9 Å². The summed E-state index contributed by atoms with van der Waals surface area (Å²) in [6.07, 6.45) is 10.9. The Morgan fingerprint density at radius 1 is 0.931 bits per heavy atom. The fraction of sp³-hybridized carbons (Fsp3) is 0.292. The minimum absolute atomic E-state index is 0. The molecule has 1 fully saturated rings. The molecule has 2 aromatic carbocycles. The molecule has 5 heteroatoms. The zero-order valence-electron chi connectivity index (χ0n) is 16.5. The zero-order valence-corrected chi connectivity index (χ0v) is 18.3. The Kier molecular flexibility index (Phi) is 7.15. The molecule has 0 radical (unpaired) electrons. The number of methoxy groups -OCH3 is 1. The van der Waals surface area contributed by atoms with Crippen molar-refractivity contribution in [2.75, 3.05) is 7.11 Å². The number of rotatable bonds is 4. The van der Waals surface area contributed by atoms with Crippen molar-refractivity contribution < 1.29 is 14.2 Å². The van der Waals surface area contributed by atoms with Crippen LogP contribution in [0.5, 0.6) is 5.75 Å². The molecule has 1 aliphatic carbocycles. The maximum Gasteiger partial charge on any atom is 0.251 e. The van der Waals surface area contributed by atoms with Crippen molar-refractivity contribution in [2.24, 2.45) is 4.99 Å². The fourth-order valence-corrected chi connectivity index (χ4v) is 3.61. The Morgan fingerprint density at radius 2 is 1.66 bits per heavy atom. The minimum atomic E-state index is -0.558. The van der Waals surface area contributed by atoms with Gasteiger partial charge in [-0.15, -0.1) is 17.0 Å². The Hall–Kier alpha value is -2.53. The predicted octanol–water partition coefficient (Wildman–Crippen LogP) is 6.61. The van der Waals surface area contributed by atoms with Crippen LogP contribution in [0.1, 0.15) is 37.7 Å². The SMILES string of the molecule is Br.COc1ccc(N=C/C=C2/C=C(c3ccccc3)OC3(CCCCC3)O2)cc1. The molecule has 0 amide bonds. The van der Waals surface area contributed by atoms with E-state index in [4.69, 9.17) is 14.2 Å². The highest BCUT2D eigenvalue weighted by atomic mass is 79.9. The lowest BCUT2D eigenvalue weighted by atomic mass is 9.93. The fourth-order valence-electron chi connectivity index (χ4n) is 3.61. The lowest BCUT2D eigenvalue weighted by Gasteiger charge is -2.41. The van der Waals surface area contributed by atoms with E-state index in [0.29, 0.717) is 0 Å². The van der Waals surface area contributed by atoms with Gasteiger partial charge >= 0.3 is 0 Å². The molecule has 4 rings (SSSR count). The maximum absolute atomic E-state index is 6.36. The van der Waals surface area contributed by atoms with E-state index in [1.807, 2.05) is 54.6 Å². The summed E-state index contributed by atoms with van der Waals surface area (Å²) in [5.74, 6) is 1.90. The highest BCUT2D eigenvalue weighted by molar-refractivity contribution is 8.93. The molecule has 0 aromatic heterocycles. The minimum Gasteiger partial charge on any atom is -0.497 e. The number of hydrogen-bond donors (Lipinski definition) is 0. The van der Waals surface area contributed by atoms with E-state index >= 15 is 0 Å². The van der Waals surface area contributed by atoms with Crippen molar-refractivity contribution in [3.8, 4) is 5.75 Å². The molecule has 1 saturated carbocycles. The summed E-state index contributed by atoms with van der Waals surface area (Å²) in [5.41, 5.74) is 1.93. The van der Waals surface area contributed by atoms with Crippen LogP contribution in [-0.2, 0) is 9.47 Å². The Morgan fingerprint density at radius 3 is 2.34 bits per heavy atom. The first kappa shape index (κ1) is 21.2. The molecular weight excluding hydrogens is 430 g/mol. The van der Waals surface area contributed by atoms with Crippen molar-refractivity contribution in [3.05, 3.63) is 78.1 Å². The van der Waals surface area contributed by atoms with Gasteiger partial charge in [-0.1, -0.05) is 36.8 Å². The average molecular weight is 456 g/mol. The first-order valence-electron chi connectivity index (χ1n) is 9.80. The molecule has 1 spiro atoms. The van der Waals surface area contributed by atoms with Gasteiger partial charge in [0.1, 0.15) is 17.3 Å². The van der Waals surface area contributed by atoms with Crippen LogP contribution in [0, 0.1) is 0 Å². The number of nitrogens with zero attached hydrogens (tertiary/aromatic N) is 1. The topological polar surface area (TPSA) is 40.0 Å². The van der Waals surface area contributed by atoms with Crippen molar-refractivity contribution in [3.63, 3.8) is 0 Å². The van der Waals surface area contributed by atoms with Gasteiger partial charge in [-0.05, 0) is 43.2 Å². The van der Waals surface area contributed by atoms with Crippen LogP contribution in [0.3, 0.4) is 0 Å². The molecule has 0 atom stereocenters. The highest BCUT2D eigenvalue weighted by Gasteiger charge is 2.40. The summed E-state index contributed by atoms with van der Waals surface area (Å²) < 4.78 is 17.8. The van der Waals surface area contributed by atoms with E-state index in [-0.39, 0.29) is 17.0 Å². The first-order valence-corrected chi connectivity index (χ1v) is 9.80. The van der Waals surface area contributed by atoms with Crippen molar-refractivity contribution in [1.82, 2.24) is 0 Å². The highest BCUT2D eigenvalue weighted by Crippen LogP contribution is 2.41. The average Bonchev–Trinajstić information content (AvgIpc) is 2.75. The molecule has 0 saturated heterocycles. The number of halogens is 1. The van der Waals surface area contributed by atoms with Crippen LogP contribution in [0.15, 0.2) is 77.5 Å². The van der Waals surface area contributed by atoms with E-state index in [2.05, 4.69) is 17.1 Å². The van der Waals surface area contributed by atoms with Gasteiger partial charge in [0.05, 0.1) is 12.8 Å². The number of aliphatic imine (C=N–C) groups is 1. The van der Waals surface area contributed by atoms with E-state index in [1.165, 1.54) is 6.42 Å². The van der Waals surface area contributed by atoms with E-state index in [1.54, 1.807) is 13.3 Å². The molecule has 152 valence electrons. The number of ether oxygens (including phenoxy) is 3. The Balaban J connectivity index is 0.00000240. The second-order valence-electron chi connectivity index (χ2n) is 7.10. The molecule has 0 unspecified atom stereocenters. The van der Waals surface area contributed by atoms with Gasteiger partial charge in [-0.25, -0.2) is 0 Å². The Labute approximate surface area is 182 Å². The largest absolute Gasteiger partial charge is 0.497 e. The molecule has 4 nitrogen and oxygen atoms in total. The van der Waals surface area contributed by atoms with Gasteiger partial charge in [0, 0.05) is 30.7 Å². The standard InChI is InChI=1S/C24H25NO3.BrH/c1-26-21-12-10-20(11-13-21)25-17-14-22-18-23(19-8-4-2-5-9-19)28-24(27-22)15-6-3-7-16-24;/h2,4-5,8-14,17-18H,3,6-7,15-16H2,1H3;1H/b22-14-,25-17?;. The van der Waals surface area contributed by atoms with Gasteiger partial charge in [-0.3, -0.25) is 4.99 Å². The summed E-state index contributed by atoms with van der Waals surface area (Å²) in [6.45, 7) is 0. The monoisotopic (exact) mass is 455 g/mol. The van der Waals surface area contributed by atoms with E-state index in [9.17, 15) is 0 Å². The van der Waals surface area contributed by atoms with Crippen LogP contribution >= 0.6 is 17.0 Å². The van der Waals surface area contributed by atoms with Crippen LogP contribution in [-0.4, -0.2) is 19.1 Å². The Bertz CT molecular complexity index is 882. The lowest BCUT2D eigenvalue weighted by Crippen LogP contribution is -2.39. The second-order valence-corrected chi connectivity index (χ2v) is 7.10. The van der Waals surface area contributed by atoms with Crippen LogP contribution in [0.2, 0.25) is 0 Å². The van der Waals surface area contributed by atoms with Gasteiger partial charge in [-0.2, -0.15) is 0 Å². The van der Waals surface area contributed by atoms with Gasteiger partial charge in [0.2, 0.25) is 0 Å². The summed E-state index contributed by atoms with van der Waals surface area (Å²) in [6, 6.07) is 17.8. The summed E-state index contributed by atoms with van der Waals surface area (Å²) in [5, 5.41) is 0. The van der Waals surface area contributed by atoms with Crippen molar-refractivity contribution >= 4 is 34.6 Å². The van der Waals surface area contributed by atoms with E-state index in [0.717, 1.165) is 54.2 Å². The molecular formula is C24H26BrNO3. The van der Waals surface area contributed by atoms with Crippen molar-refractivity contribution in [1.29, 1.82) is 0 Å². The van der Waals surface area contributed by atoms with Gasteiger partial charge in [0.15, 0.2) is 0 Å². The van der Waals surface area contributed by atoms with Gasteiger partial charge < -0.3 is 14.2 Å². The smallest absolute Gasteiger partial charge is 0.251 e. The molecule has 1 aliphatic heterocycles. The second kappa shape index (κ2) is 9.79. The summed E-state index contributed by atoms with van der Waals surface area (Å²) >= 11 is 0. The number of allylic oxidation sites excluding steroid dienone is 2. The molecule has 0 N–H and O–H groups in total. The van der Waals surface area contributed by atoms with E-state index < -0.39 is 5.79 Å².